The van der Waals surface area contributed by atoms with Gasteiger partial charge in [-0.05, 0) is 24.6 Å². The lowest BCUT2D eigenvalue weighted by Gasteiger charge is -2.15. The Morgan fingerprint density at radius 1 is 1.54 bits per heavy atom. The van der Waals surface area contributed by atoms with Gasteiger partial charge in [-0.15, -0.1) is 0 Å². The van der Waals surface area contributed by atoms with Crippen LogP contribution in [0.15, 0.2) is 24.3 Å². The van der Waals surface area contributed by atoms with Crippen LogP contribution in [0.3, 0.4) is 0 Å². The highest BCUT2D eigenvalue weighted by Gasteiger charge is 2.08. The summed E-state index contributed by atoms with van der Waals surface area (Å²) >= 11 is 5.85. The lowest BCUT2D eigenvalue weighted by atomic mass is 10.1. The number of nitrogens with two attached hydrogens (primary N) is 1. The molecule has 2 N–H and O–H groups in total. The van der Waals surface area contributed by atoms with Gasteiger partial charge in [-0.2, -0.15) is 0 Å². The zero-order valence-corrected chi connectivity index (χ0v) is 8.42. The lowest BCUT2D eigenvalue weighted by molar-refractivity contribution is 0.0688. The Kier molecular flexibility index (Phi) is 4.22. The average Bonchev–Trinajstić information content (AvgIpc) is 2.14. The SMILES string of the molecule is CCO[C@H](CN)c1cccc(Cl)c1. The molecule has 0 aliphatic carbocycles. The van der Waals surface area contributed by atoms with Crippen LogP contribution in [0, 0.1) is 0 Å². The van der Waals surface area contributed by atoms with Crippen molar-refractivity contribution >= 4 is 11.6 Å². The average molecular weight is 200 g/mol. The summed E-state index contributed by atoms with van der Waals surface area (Å²) in [6.07, 6.45) is -0.0382. The third-order valence-electron chi connectivity index (χ3n) is 1.80. The first-order chi connectivity index (χ1) is 6.27. The Bertz CT molecular complexity index is 265. The standard InChI is InChI=1S/C10H14ClNO/c1-2-13-10(7-12)8-4-3-5-9(11)6-8/h3-6,10H,2,7,12H2,1H3/t10-/m1/s1. The highest BCUT2D eigenvalue weighted by Crippen LogP contribution is 2.19. The molecule has 72 valence electrons. The molecular weight excluding hydrogens is 186 g/mol. The first kappa shape index (κ1) is 10.5. The van der Waals surface area contributed by atoms with E-state index in [0.29, 0.717) is 13.2 Å². The molecule has 0 radical (unpaired) electrons. The Morgan fingerprint density at radius 2 is 2.31 bits per heavy atom. The Hall–Kier alpha value is -0.570. The van der Waals surface area contributed by atoms with Gasteiger partial charge in [0, 0.05) is 18.2 Å². The van der Waals surface area contributed by atoms with Crippen molar-refractivity contribution < 1.29 is 4.74 Å². The molecule has 0 saturated heterocycles. The molecule has 13 heavy (non-hydrogen) atoms. The molecule has 0 spiro atoms. The van der Waals surface area contributed by atoms with Gasteiger partial charge in [0.1, 0.15) is 0 Å². The second kappa shape index (κ2) is 5.22. The minimum atomic E-state index is -0.0382. The van der Waals surface area contributed by atoms with E-state index >= 15 is 0 Å². The van der Waals surface area contributed by atoms with Crippen LogP contribution >= 0.6 is 11.6 Å². The number of hydrogen-bond acceptors (Lipinski definition) is 2. The normalized spacial score (nSPS) is 12.8. The molecule has 0 aromatic heterocycles. The van der Waals surface area contributed by atoms with Crippen LogP contribution < -0.4 is 5.73 Å². The van der Waals surface area contributed by atoms with Crippen LogP contribution in [-0.4, -0.2) is 13.2 Å². The smallest absolute Gasteiger partial charge is 0.0947 e. The van der Waals surface area contributed by atoms with Gasteiger partial charge in [0.2, 0.25) is 0 Å². The third-order valence-corrected chi connectivity index (χ3v) is 2.04. The molecule has 3 heteroatoms. The number of ether oxygens (including phenoxy) is 1. The van der Waals surface area contributed by atoms with E-state index in [2.05, 4.69) is 0 Å². The largest absolute Gasteiger partial charge is 0.372 e. The summed E-state index contributed by atoms with van der Waals surface area (Å²) < 4.78 is 5.45. The molecule has 1 atom stereocenters. The van der Waals surface area contributed by atoms with Crippen LogP contribution in [0.5, 0.6) is 0 Å². The Morgan fingerprint density at radius 3 is 2.85 bits per heavy atom. The molecular formula is C10H14ClNO. The van der Waals surface area contributed by atoms with Gasteiger partial charge in [0.05, 0.1) is 6.10 Å². The highest BCUT2D eigenvalue weighted by molar-refractivity contribution is 6.30. The van der Waals surface area contributed by atoms with Crippen molar-refractivity contribution in [3.05, 3.63) is 34.9 Å². The molecule has 2 nitrogen and oxygen atoms in total. The van der Waals surface area contributed by atoms with Gasteiger partial charge in [0.25, 0.3) is 0 Å². The van der Waals surface area contributed by atoms with Crippen molar-refractivity contribution in [1.29, 1.82) is 0 Å². The zero-order chi connectivity index (χ0) is 9.68. The summed E-state index contributed by atoms with van der Waals surface area (Å²) in [5, 5.41) is 0.718. The fourth-order valence-corrected chi connectivity index (χ4v) is 1.41. The van der Waals surface area contributed by atoms with E-state index in [4.69, 9.17) is 22.1 Å². The van der Waals surface area contributed by atoms with E-state index in [1.54, 1.807) is 0 Å². The quantitative estimate of drug-likeness (QED) is 0.808. The van der Waals surface area contributed by atoms with E-state index in [-0.39, 0.29) is 6.10 Å². The number of rotatable bonds is 4. The lowest BCUT2D eigenvalue weighted by Crippen LogP contribution is -2.15. The van der Waals surface area contributed by atoms with Crippen molar-refractivity contribution in [3.63, 3.8) is 0 Å². The molecule has 0 amide bonds. The van der Waals surface area contributed by atoms with Crippen LogP contribution in [0.25, 0.3) is 0 Å². The number of benzene rings is 1. The van der Waals surface area contributed by atoms with Gasteiger partial charge in [-0.1, -0.05) is 23.7 Å². The van der Waals surface area contributed by atoms with Crippen LogP contribution in [-0.2, 0) is 4.74 Å². The van der Waals surface area contributed by atoms with E-state index in [0.717, 1.165) is 10.6 Å². The van der Waals surface area contributed by atoms with E-state index in [1.165, 1.54) is 0 Å². The van der Waals surface area contributed by atoms with Crippen LogP contribution in [0.2, 0.25) is 5.02 Å². The maximum Gasteiger partial charge on any atom is 0.0947 e. The second-order valence-electron chi connectivity index (χ2n) is 2.73. The monoisotopic (exact) mass is 199 g/mol. The summed E-state index contributed by atoms with van der Waals surface area (Å²) in [7, 11) is 0. The predicted molar refractivity (Wildman–Crippen MR) is 54.9 cm³/mol. The van der Waals surface area contributed by atoms with E-state index < -0.39 is 0 Å². The summed E-state index contributed by atoms with van der Waals surface area (Å²) in [6.45, 7) is 3.09. The van der Waals surface area contributed by atoms with Gasteiger partial charge in [-0.25, -0.2) is 0 Å². The molecule has 0 fully saturated rings. The van der Waals surface area contributed by atoms with Gasteiger partial charge < -0.3 is 10.5 Å². The summed E-state index contributed by atoms with van der Waals surface area (Å²) in [4.78, 5) is 0. The van der Waals surface area contributed by atoms with Crippen molar-refractivity contribution in [2.45, 2.75) is 13.0 Å². The molecule has 0 heterocycles. The molecule has 0 unspecified atom stereocenters. The topological polar surface area (TPSA) is 35.2 Å². The minimum absolute atomic E-state index is 0.0382. The van der Waals surface area contributed by atoms with Crippen molar-refractivity contribution in [3.8, 4) is 0 Å². The third kappa shape index (κ3) is 2.99. The van der Waals surface area contributed by atoms with E-state index in [1.807, 2.05) is 31.2 Å². The summed E-state index contributed by atoms with van der Waals surface area (Å²) in [5.74, 6) is 0. The molecule has 0 bridgehead atoms. The minimum Gasteiger partial charge on any atom is -0.372 e. The summed E-state index contributed by atoms with van der Waals surface area (Å²) in [5.41, 5.74) is 6.61. The van der Waals surface area contributed by atoms with E-state index in [9.17, 15) is 0 Å². The number of hydrogen-bond donors (Lipinski definition) is 1. The van der Waals surface area contributed by atoms with Crippen molar-refractivity contribution in [2.75, 3.05) is 13.2 Å². The summed E-state index contributed by atoms with van der Waals surface area (Å²) in [6, 6.07) is 7.59. The number of halogens is 1. The fraction of sp³-hybridized carbons (Fsp3) is 0.400. The predicted octanol–water partition coefficient (Wildman–Crippen LogP) is 2.38. The first-order valence-corrected chi connectivity index (χ1v) is 4.72. The van der Waals surface area contributed by atoms with Gasteiger partial charge >= 0.3 is 0 Å². The van der Waals surface area contributed by atoms with Crippen LogP contribution in [0.4, 0.5) is 0 Å². The molecule has 1 rings (SSSR count). The molecule has 1 aromatic rings. The molecule has 0 aliphatic rings. The Balaban J connectivity index is 2.78. The maximum atomic E-state index is 5.85. The highest BCUT2D eigenvalue weighted by atomic mass is 35.5. The maximum absolute atomic E-state index is 5.85. The molecule has 0 saturated carbocycles. The fourth-order valence-electron chi connectivity index (χ4n) is 1.21. The molecule has 0 aliphatic heterocycles. The molecule has 1 aromatic carbocycles. The van der Waals surface area contributed by atoms with Crippen molar-refractivity contribution in [1.82, 2.24) is 0 Å². The van der Waals surface area contributed by atoms with Gasteiger partial charge in [0.15, 0.2) is 0 Å². The Labute approximate surface area is 83.6 Å². The second-order valence-corrected chi connectivity index (χ2v) is 3.17. The van der Waals surface area contributed by atoms with Gasteiger partial charge in [-0.3, -0.25) is 0 Å². The first-order valence-electron chi connectivity index (χ1n) is 4.35. The zero-order valence-electron chi connectivity index (χ0n) is 7.66. The van der Waals surface area contributed by atoms with Crippen LogP contribution in [0.1, 0.15) is 18.6 Å². The van der Waals surface area contributed by atoms with Crippen molar-refractivity contribution in [2.24, 2.45) is 5.73 Å².